The van der Waals surface area contributed by atoms with E-state index in [9.17, 15) is 4.79 Å². The summed E-state index contributed by atoms with van der Waals surface area (Å²) in [5.74, 6) is 0.184. The fourth-order valence-electron chi connectivity index (χ4n) is 2.54. The van der Waals surface area contributed by atoms with E-state index < -0.39 is 0 Å². The van der Waals surface area contributed by atoms with Crippen LogP contribution in [0.4, 0.5) is 5.69 Å². The fourth-order valence-corrected chi connectivity index (χ4v) is 2.71. The fraction of sp³-hybridized carbons (Fsp3) is 0.278. The third kappa shape index (κ3) is 5.05. The molecule has 0 fully saturated rings. The van der Waals surface area contributed by atoms with Crippen molar-refractivity contribution in [3.63, 3.8) is 0 Å². The number of anilines is 1. The van der Waals surface area contributed by atoms with Crippen LogP contribution >= 0.6 is 24.0 Å². The molecule has 3 N–H and O–H groups in total. The molecule has 2 aromatic carbocycles. The topological polar surface area (TPSA) is 64.3 Å². The van der Waals surface area contributed by atoms with Gasteiger partial charge in [0.2, 0.25) is 0 Å². The van der Waals surface area contributed by atoms with Crippen molar-refractivity contribution in [2.75, 3.05) is 19.4 Å². The zero-order valence-electron chi connectivity index (χ0n) is 14.0. The Hall–Kier alpha value is -1.91. The number of nitrogens with one attached hydrogen (secondary N) is 1. The molecule has 130 valence electrons. The number of aryl methyl sites for hydroxylation is 2. The van der Waals surface area contributed by atoms with Gasteiger partial charge in [0, 0.05) is 12.6 Å². The van der Waals surface area contributed by atoms with E-state index in [0.29, 0.717) is 28.6 Å². The molecule has 0 aliphatic rings. The van der Waals surface area contributed by atoms with Crippen molar-refractivity contribution >= 4 is 35.6 Å². The standard InChI is InChI=1S/C18H21ClN2O2.ClH/c1-11-6-12(2)8-13(7-11)4-5-21-18(22)14-9-15(19)16(20)10-17(14)23-3;/h6-10H,4-5,20H2,1-3H3,(H,21,22);1H. The van der Waals surface area contributed by atoms with Gasteiger partial charge >= 0.3 is 0 Å². The third-order valence-electron chi connectivity index (χ3n) is 3.54. The molecule has 6 heteroatoms. The molecule has 0 aliphatic heterocycles. The highest BCUT2D eigenvalue weighted by Crippen LogP contribution is 2.28. The first-order valence-corrected chi connectivity index (χ1v) is 7.77. The van der Waals surface area contributed by atoms with Crippen LogP contribution in [0.25, 0.3) is 0 Å². The molecule has 0 saturated heterocycles. The maximum atomic E-state index is 12.3. The molecule has 0 radical (unpaired) electrons. The van der Waals surface area contributed by atoms with Gasteiger partial charge in [0.15, 0.2) is 0 Å². The highest BCUT2D eigenvalue weighted by molar-refractivity contribution is 6.33. The summed E-state index contributed by atoms with van der Waals surface area (Å²) in [7, 11) is 1.50. The summed E-state index contributed by atoms with van der Waals surface area (Å²) in [4.78, 5) is 12.3. The van der Waals surface area contributed by atoms with Gasteiger partial charge in [-0.2, -0.15) is 0 Å². The molecule has 0 heterocycles. The first kappa shape index (κ1) is 20.1. The SMILES string of the molecule is COc1cc(N)c(Cl)cc1C(=O)NCCc1cc(C)cc(C)c1.Cl. The lowest BCUT2D eigenvalue weighted by Crippen LogP contribution is -2.26. The molecule has 0 bridgehead atoms. The number of nitrogens with two attached hydrogens (primary N) is 1. The van der Waals surface area contributed by atoms with Gasteiger partial charge in [-0.15, -0.1) is 12.4 Å². The number of nitrogen functional groups attached to an aromatic ring is 1. The predicted octanol–water partition coefficient (Wildman–Crippen LogP) is 3.94. The molecule has 0 aromatic heterocycles. The van der Waals surface area contributed by atoms with Crippen LogP contribution in [0, 0.1) is 13.8 Å². The van der Waals surface area contributed by atoms with E-state index in [2.05, 4.69) is 37.4 Å². The average Bonchev–Trinajstić information content (AvgIpc) is 2.48. The van der Waals surface area contributed by atoms with Gasteiger partial charge in [-0.1, -0.05) is 40.9 Å². The summed E-state index contributed by atoms with van der Waals surface area (Å²) in [6, 6.07) is 9.46. The Morgan fingerprint density at radius 3 is 2.38 bits per heavy atom. The Kier molecular flexibility index (Phi) is 7.39. The van der Waals surface area contributed by atoms with Gasteiger partial charge in [0.25, 0.3) is 5.91 Å². The number of carbonyl (C=O) groups is 1. The molecule has 1 amide bonds. The summed E-state index contributed by atoms with van der Waals surface area (Å²) in [6.45, 7) is 4.67. The molecule has 0 saturated carbocycles. The number of hydrogen-bond donors (Lipinski definition) is 2. The van der Waals surface area contributed by atoms with Gasteiger partial charge in [-0.3, -0.25) is 4.79 Å². The predicted molar refractivity (Wildman–Crippen MR) is 102 cm³/mol. The van der Waals surface area contributed by atoms with E-state index in [1.54, 1.807) is 6.07 Å². The Morgan fingerprint density at radius 2 is 1.79 bits per heavy atom. The first-order chi connectivity index (χ1) is 10.9. The van der Waals surface area contributed by atoms with Crippen molar-refractivity contribution in [2.24, 2.45) is 0 Å². The average molecular weight is 369 g/mol. The van der Waals surface area contributed by atoms with Crippen LogP contribution in [0.2, 0.25) is 5.02 Å². The quantitative estimate of drug-likeness (QED) is 0.785. The summed E-state index contributed by atoms with van der Waals surface area (Å²) >= 11 is 5.99. The molecule has 24 heavy (non-hydrogen) atoms. The van der Waals surface area contributed by atoms with Crippen LogP contribution < -0.4 is 15.8 Å². The van der Waals surface area contributed by atoms with Crippen LogP contribution in [0.3, 0.4) is 0 Å². The summed E-state index contributed by atoms with van der Waals surface area (Å²) in [5, 5.41) is 3.23. The molecule has 0 aliphatic carbocycles. The number of amides is 1. The molecule has 2 aromatic rings. The van der Waals surface area contributed by atoms with Gasteiger partial charge in [-0.05, 0) is 31.9 Å². The zero-order chi connectivity index (χ0) is 17.0. The minimum absolute atomic E-state index is 0. The van der Waals surface area contributed by atoms with E-state index >= 15 is 0 Å². The monoisotopic (exact) mass is 368 g/mol. The largest absolute Gasteiger partial charge is 0.496 e. The molecule has 0 spiro atoms. The number of methoxy groups -OCH3 is 1. The van der Waals surface area contributed by atoms with Gasteiger partial charge in [0.05, 0.1) is 23.4 Å². The van der Waals surface area contributed by atoms with Crippen LogP contribution in [0.15, 0.2) is 30.3 Å². The molecular weight excluding hydrogens is 347 g/mol. The summed E-state index contributed by atoms with van der Waals surface area (Å²) in [5.41, 5.74) is 10.1. The Balaban J connectivity index is 0.00000288. The van der Waals surface area contributed by atoms with Crippen LogP contribution in [-0.4, -0.2) is 19.6 Å². The Bertz CT molecular complexity index is 713. The molecule has 2 rings (SSSR count). The number of carbonyl (C=O) groups excluding carboxylic acids is 1. The van der Waals surface area contributed by atoms with Crippen LogP contribution in [-0.2, 0) is 6.42 Å². The van der Waals surface area contributed by atoms with E-state index in [-0.39, 0.29) is 18.3 Å². The first-order valence-electron chi connectivity index (χ1n) is 7.39. The van der Waals surface area contributed by atoms with Crippen molar-refractivity contribution in [3.8, 4) is 5.75 Å². The minimum atomic E-state index is -0.229. The van der Waals surface area contributed by atoms with E-state index in [0.717, 1.165) is 6.42 Å². The van der Waals surface area contributed by atoms with E-state index in [4.69, 9.17) is 22.1 Å². The summed E-state index contributed by atoms with van der Waals surface area (Å²) in [6.07, 6.45) is 0.763. The minimum Gasteiger partial charge on any atom is -0.496 e. The van der Waals surface area contributed by atoms with Crippen molar-refractivity contribution < 1.29 is 9.53 Å². The van der Waals surface area contributed by atoms with Gasteiger partial charge < -0.3 is 15.8 Å². The Labute approximate surface area is 153 Å². The maximum Gasteiger partial charge on any atom is 0.255 e. The second-order valence-corrected chi connectivity index (χ2v) is 5.98. The third-order valence-corrected chi connectivity index (χ3v) is 3.87. The van der Waals surface area contributed by atoms with Crippen LogP contribution in [0.1, 0.15) is 27.0 Å². The number of halogens is 2. The van der Waals surface area contributed by atoms with Crippen molar-refractivity contribution in [3.05, 3.63) is 57.6 Å². The van der Waals surface area contributed by atoms with Crippen molar-refractivity contribution in [2.45, 2.75) is 20.3 Å². The number of rotatable bonds is 5. The second-order valence-electron chi connectivity index (χ2n) is 5.58. The van der Waals surface area contributed by atoms with E-state index in [1.165, 1.54) is 29.9 Å². The lowest BCUT2D eigenvalue weighted by atomic mass is 10.1. The normalized spacial score (nSPS) is 10.0. The van der Waals surface area contributed by atoms with Crippen molar-refractivity contribution in [1.29, 1.82) is 0 Å². The molecule has 0 unspecified atom stereocenters. The van der Waals surface area contributed by atoms with E-state index in [1.807, 2.05) is 0 Å². The van der Waals surface area contributed by atoms with Crippen molar-refractivity contribution in [1.82, 2.24) is 5.32 Å². The lowest BCUT2D eigenvalue weighted by Gasteiger charge is -2.11. The highest BCUT2D eigenvalue weighted by Gasteiger charge is 2.14. The lowest BCUT2D eigenvalue weighted by molar-refractivity contribution is 0.0951. The van der Waals surface area contributed by atoms with Crippen LogP contribution in [0.5, 0.6) is 5.75 Å². The smallest absolute Gasteiger partial charge is 0.255 e. The molecular formula is C18H22Cl2N2O2. The molecule has 4 nitrogen and oxygen atoms in total. The number of ether oxygens (including phenoxy) is 1. The van der Waals surface area contributed by atoms with Gasteiger partial charge in [-0.25, -0.2) is 0 Å². The molecule has 0 atom stereocenters. The summed E-state index contributed by atoms with van der Waals surface area (Å²) < 4.78 is 5.20. The number of hydrogen-bond acceptors (Lipinski definition) is 3. The Morgan fingerprint density at radius 1 is 1.17 bits per heavy atom. The maximum absolute atomic E-state index is 12.3. The highest BCUT2D eigenvalue weighted by atomic mass is 35.5. The second kappa shape index (κ2) is 8.81. The van der Waals surface area contributed by atoms with Gasteiger partial charge in [0.1, 0.15) is 5.75 Å². The zero-order valence-corrected chi connectivity index (χ0v) is 15.6. The number of benzene rings is 2.